The maximum atomic E-state index is 12.2. The van der Waals surface area contributed by atoms with Crippen LogP contribution in [0.2, 0.25) is 10.0 Å². The Labute approximate surface area is 184 Å². The Kier molecular flexibility index (Phi) is 5.42. The highest BCUT2D eigenvalue weighted by molar-refractivity contribution is 7.89. The fraction of sp³-hybridized carbons (Fsp3) is 0.0455. The predicted octanol–water partition coefficient (Wildman–Crippen LogP) is 5.47. The van der Waals surface area contributed by atoms with Crippen LogP contribution in [0.1, 0.15) is 5.56 Å². The number of sulfonamides is 1. The number of hydrogen-bond acceptors (Lipinski definition) is 3. The predicted molar refractivity (Wildman–Crippen MR) is 121 cm³/mol. The second kappa shape index (κ2) is 7.89. The van der Waals surface area contributed by atoms with Crippen molar-refractivity contribution in [2.24, 2.45) is 5.14 Å². The first-order chi connectivity index (χ1) is 14.3. The fourth-order valence-corrected chi connectivity index (χ4v) is 4.34. The largest absolute Gasteiger partial charge is 0.240 e. The topological polar surface area (TPSA) is 78.0 Å². The summed E-state index contributed by atoms with van der Waals surface area (Å²) in [6.45, 7) is 1.94. The van der Waals surface area contributed by atoms with Crippen LogP contribution in [-0.2, 0) is 10.0 Å². The number of hydrogen-bond donors (Lipinski definition) is 1. The zero-order chi connectivity index (χ0) is 21.5. The number of benzene rings is 3. The number of rotatable bonds is 4. The quantitative estimate of drug-likeness (QED) is 0.441. The van der Waals surface area contributed by atoms with Crippen molar-refractivity contribution in [3.63, 3.8) is 0 Å². The summed E-state index contributed by atoms with van der Waals surface area (Å²) in [5.41, 5.74) is 4.40. The highest BCUT2D eigenvalue weighted by atomic mass is 35.5. The first-order valence-corrected chi connectivity index (χ1v) is 11.3. The smallest absolute Gasteiger partial charge is 0.231 e. The lowest BCUT2D eigenvalue weighted by molar-refractivity contribution is 0.596. The Morgan fingerprint density at radius 1 is 0.833 bits per heavy atom. The summed E-state index contributed by atoms with van der Waals surface area (Å²) < 4.78 is 26.1. The van der Waals surface area contributed by atoms with Crippen LogP contribution in [0.5, 0.6) is 0 Å². The van der Waals surface area contributed by atoms with E-state index in [1.165, 1.54) is 6.07 Å². The molecule has 0 aliphatic rings. The van der Waals surface area contributed by atoms with Gasteiger partial charge < -0.3 is 0 Å². The second-order valence-corrected chi connectivity index (χ2v) is 9.16. The third kappa shape index (κ3) is 3.87. The molecule has 0 spiro atoms. The van der Waals surface area contributed by atoms with E-state index in [4.69, 9.17) is 33.4 Å². The van der Waals surface area contributed by atoms with Gasteiger partial charge in [0.2, 0.25) is 10.0 Å². The van der Waals surface area contributed by atoms with Crippen molar-refractivity contribution in [2.75, 3.05) is 0 Å². The van der Waals surface area contributed by atoms with Crippen LogP contribution < -0.4 is 5.14 Å². The van der Waals surface area contributed by atoms with Gasteiger partial charge in [0.1, 0.15) is 4.90 Å². The van der Waals surface area contributed by atoms with E-state index in [1.54, 1.807) is 47.1 Å². The fourth-order valence-electron chi connectivity index (χ4n) is 3.37. The lowest BCUT2D eigenvalue weighted by Gasteiger charge is -2.12. The molecule has 152 valence electrons. The normalized spacial score (nSPS) is 11.6. The van der Waals surface area contributed by atoms with E-state index < -0.39 is 10.0 Å². The third-order valence-corrected chi connectivity index (χ3v) is 6.22. The lowest BCUT2D eigenvalue weighted by Crippen LogP contribution is -2.16. The van der Waals surface area contributed by atoms with Gasteiger partial charge in [-0.2, -0.15) is 5.10 Å². The van der Waals surface area contributed by atoms with Gasteiger partial charge in [-0.1, -0.05) is 59.6 Å². The van der Waals surface area contributed by atoms with Crippen molar-refractivity contribution >= 4 is 33.2 Å². The Hall–Kier alpha value is -2.64. The van der Waals surface area contributed by atoms with Crippen molar-refractivity contribution in [2.45, 2.75) is 11.8 Å². The first-order valence-electron chi connectivity index (χ1n) is 8.99. The Bertz CT molecular complexity index is 1330. The zero-order valence-corrected chi connectivity index (χ0v) is 18.2. The van der Waals surface area contributed by atoms with Crippen LogP contribution in [0, 0.1) is 6.92 Å². The molecule has 0 fully saturated rings. The van der Waals surface area contributed by atoms with Crippen molar-refractivity contribution in [3.05, 3.63) is 88.4 Å². The summed E-state index contributed by atoms with van der Waals surface area (Å²) in [4.78, 5) is -0.00892. The van der Waals surface area contributed by atoms with Crippen LogP contribution in [0.4, 0.5) is 0 Å². The maximum absolute atomic E-state index is 12.2. The summed E-state index contributed by atoms with van der Waals surface area (Å²) >= 11 is 12.1. The van der Waals surface area contributed by atoms with Crippen LogP contribution in [0.25, 0.3) is 28.2 Å². The average Bonchev–Trinajstić information content (AvgIpc) is 3.06. The van der Waals surface area contributed by atoms with Gasteiger partial charge in [-0.05, 0) is 43.3 Å². The Morgan fingerprint density at radius 2 is 1.37 bits per heavy atom. The minimum absolute atomic E-state index is 0.00892. The number of halogens is 2. The molecule has 5 nitrogen and oxygen atoms in total. The molecule has 0 bridgehead atoms. The standard InChI is InChI=1S/C22H17Cl2N3O2S/c1-14-21(15-6-10-17(23)11-7-15)26-27(22(14)16-8-12-18(24)13-9-16)19-4-2-3-5-20(19)30(25,28)29/h2-13H,1H3,(H2,25,28,29). The maximum Gasteiger partial charge on any atom is 0.240 e. The molecule has 4 rings (SSSR count). The van der Waals surface area contributed by atoms with Crippen LogP contribution >= 0.6 is 23.2 Å². The van der Waals surface area contributed by atoms with E-state index in [0.29, 0.717) is 21.4 Å². The molecule has 3 aromatic carbocycles. The monoisotopic (exact) mass is 457 g/mol. The van der Waals surface area contributed by atoms with E-state index in [1.807, 2.05) is 31.2 Å². The second-order valence-electron chi connectivity index (χ2n) is 6.76. The summed E-state index contributed by atoms with van der Waals surface area (Å²) in [6.07, 6.45) is 0. The van der Waals surface area contributed by atoms with Gasteiger partial charge >= 0.3 is 0 Å². The summed E-state index contributed by atoms with van der Waals surface area (Å²) in [6, 6.07) is 21.1. The number of primary sulfonamides is 1. The molecule has 0 unspecified atom stereocenters. The molecule has 0 aliphatic heterocycles. The molecule has 0 saturated heterocycles. The molecule has 0 saturated carbocycles. The number of para-hydroxylation sites is 1. The van der Waals surface area contributed by atoms with Gasteiger partial charge in [0, 0.05) is 26.7 Å². The van der Waals surface area contributed by atoms with Crippen molar-refractivity contribution < 1.29 is 8.42 Å². The molecule has 30 heavy (non-hydrogen) atoms. The molecule has 4 aromatic rings. The van der Waals surface area contributed by atoms with E-state index in [-0.39, 0.29) is 4.90 Å². The molecular formula is C22H17Cl2N3O2S. The molecule has 0 radical (unpaired) electrons. The van der Waals surface area contributed by atoms with E-state index in [0.717, 1.165) is 22.4 Å². The van der Waals surface area contributed by atoms with Crippen molar-refractivity contribution in [1.82, 2.24) is 9.78 Å². The molecule has 0 amide bonds. The van der Waals surface area contributed by atoms with Crippen molar-refractivity contribution in [3.8, 4) is 28.2 Å². The van der Waals surface area contributed by atoms with E-state index in [2.05, 4.69) is 0 Å². The lowest BCUT2D eigenvalue weighted by atomic mass is 10.0. The van der Waals surface area contributed by atoms with Gasteiger partial charge in [-0.25, -0.2) is 18.2 Å². The SMILES string of the molecule is Cc1c(-c2ccc(Cl)cc2)nn(-c2ccccc2S(N)(=O)=O)c1-c1ccc(Cl)cc1. The molecule has 2 N–H and O–H groups in total. The number of nitrogens with zero attached hydrogens (tertiary/aromatic N) is 2. The van der Waals surface area contributed by atoms with Gasteiger partial charge in [-0.3, -0.25) is 0 Å². The van der Waals surface area contributed by atoms with Crippen LogP contribution in [-0.4, -0.2) is 18.2 Å². The zero-order valence-electron chi connectivity index (χ0n) is 15.9. The van der Waals surface area contributed by atoms with Gasteiger partial charge in [0.05, 0.1) is 17.1 Å². The first kappa shape index (κ1) is 20.6. The minimum Gasteiger partial charge on any atom is -0.231 e. The van der Waals surface area contributed by atoms with E-state index in [9.17, 15) is 8.42 Å². The molecule has 0 aliphatic carbocycles. The third-order valence-electron chi connectivity index (χ3n) is 4.76. The average molecular weight is 458 g/mol. The van der Waals surface area contributed by atoms with Crippen LogP contribution in [0.3, 0.4) is 0 Å². The number of nitrogens with two attached hydrogens (primary N) is 1. The highest BCUT2D eigenvalue weighted by Gasteiger charge is 2.23. The number of aromatic nitrogens is 2. The van der Waals surface area contributed by atoms with Gasteiger partial charge in [0.25, 0.3) is 0 Å². The van der Waals surface area contributed by atoms with Gasteiger partial charge in [0.15, 0.2) is 0 Å². The molecule has 1 aromatic heterocycles. The summed E-state index contributed by atoms with van der Waals surface area (Å²) in [5, 5.41) is 11.5. The van der Waals surface area contributed by atoms with Gasteiger partial charge in [-0.15, -0.1) is 0 Å². The van der Waals surface area contributed by atoms with Crippen molar-refractivity contribution in [1.29, 1.82) is 0 Å². The Balaban J connectivity index is 2.04. The minimum atomic E-state index is -3.96. The molecular weight excluding hydrogens is 441 g/mol. The molecule has 1 heterocycles. The van der Waals surface area contributed by atoms with E-state index >= 15 is 0 Å². The summed E-state index contributed by atoms with van der Waals surface area (Å²) in [7, 11) is -3.96. The van der Waals surface area contributed by atoms with Crippen LogP contribution in [0.15, 0.2) is 77.7 Å². The Morgan fingerprint density at radius 3 is 1.93 bits per heavy atom. The molecule has 8 heteroatoms. The summed E-state index contributed by atoms with van der Waals surface area (Å²) in [5.74, 6) is 0. The molecule has 0 atom stereocenters. The highest BCUT2D eigenvalue weighted by Crippen LogP contribution is 2.35.